The monoisotopic (exact) mass is 435 g/mol. The van der Waals surface area contributed by atoms with E-state index in [0.717, 1.165) is 47.4 Å². The molecular formula is C25H29N3O2S. The Morgan fingerprint density at radius 3 is 2.61 bits per heavy atom. The largest absolute Gasteiger partial charge is 0.493 e. The Morgan fingerprint density at radius 2 is 1.87 bits per heavy atom. The number of methoxy groups -OCH3 is 2. The number of aryl methyl sites for hydroxylation is 2. The second kappa shape index (κ2) is 9.02. The summed E-state index contributed by atoms with van der Waals surface area (Å²) in [6.45, 7) is 6.00. The molecule has 1 aliphatic heterocycles. The van der Waals surface area contributed by atoms with E-state index in [1.54, 1.807) is 14.2 Å². The highest BCUT2D eigenvalue weighted by molar-refractivity contribution is 7.80. The Bertz CT molecular complexity index is 1090. The fraction of sp³-hybridized carbons (Fsp3) is 0.320. The van der Waals surface area contributed by atoms with E-state index in [1.165, 1.54) is 16.8 Å². The molecule has 2 aromatic carbocycles. The maximum Gasteiger partial charge on any atom is 0.174 e. The number of nitrogens with one attached hydrogen (secondary N) is 1. The minimum atomic E-state index is -0.0161. The van der Waals surface area contributed by atoms with Crippen molar-refractivity contribution in [2.75, 3.05) is 26.1 Å². The van der Waals surface area contributed by atoms with Crippen molar-refractivity contribution in [1.29, 1.82) is 0 Å². The molecule has 2 heterocycles. The normalized spacial score (nSPS) is 15.4. The number of anilines is 1. The maximum atomic E-state index is 5.96. The molecule has 0 aliphatic carbocycles. The van der Waals surface area contributed by atoms with Gasteiger partial charge in [0.25, 0.3) is 0 Å². The van der Waals surface area contributed by atoms with Gasteiger partial charge < -0.3 is 24.3 Å². The molecule has 0 saturated carbocycles. The standard InChI is InChI=1S/C25H29N3O2S/c1-5-18-9-6-8-17(2)23(18)26-25(31)28-15-14-27-13-7-10-20(27)24(28)19-11-12-21(29-3)22(16-19)30-4/h6-13,16,24H,5,14-15H2,1-4H3,(H,26,31)/t24-/m0/s1. The lowest BCUT2D eigenvalue weighted by atomic mass is 9.99. The van der Waals surface area contributed by atoms with Gasteiger partial charge in [-0.1, -0.05) is 31.2 Å². The molecule has 0 bridgehead atoms. The number of hydrogen-bond donors (Lipinski definition) is 1. The van der Waals surface area contributed by atoms with Gasteiger partial charge in [-0.15, -0.1) is 0 Å². The van der Waals surface area contributed by atoms with Crippen LogP contribution < -0.4 is 14.8 Å². The van der Waals surface area contributed by atoms with Crippen LogP contribution in [-0.2, 0) is 13.0 Å². The zero-order valence-electron chi connectivity index (χ0n) is 18.5. The summed E-state index contributed by atoms with van der Waals surface area (Å²) in [5, 5.41) is 4.30. The summed E-state index contributed by atoms with van der Waals surface area (Å²) in [5.41, 5.74) is 5.90. The molecule has 3 aromatic rings. The molecule has 0 saturated heterocycles. The van der Waals surface area contributed by atoms with E-state index in [4.69, 9.17) is 21.7 Å². The first-order valence-electron chi connectivity index (χ1n) is 10.6. The third-order valence-corrected chi connectivity index (χ3v) is 6.33. The Kier molecular flexibility index (Phi) is 6.18. The molecule has 31 heavy (non-hydrogen) atoms. The molecule has 1 N–H and O–H groups in total. The summed E-state index contributed by atoms with van der Waals surface area (Å²) in [6.07, 6.45) is 3.09. The van der Waals surface area contributed by atoms with E-state index in [0.29, 0.717) is 0 Å². The smallest absolute Gasteiger partial charge is 0.174 e. The zero-order valence-corrected chi connectivity index (χ0v) is 19.3. The lowest BCUT2D eigenvalue weighted by Crippen LogP contribution is -2.44. The highest BCUT2D eigenvalue weighted by Crippen LogP contribution is 2.37. The molecule has 6 heteroatoms. The summed E-state index contributed by atoms with van der Waals surface area (Å²) >= 11 is 5.96. The van der Waals surface area contributed by atoms with Crippen LogP contribution in [0.2, 0.25) is 0 Å². The second-order valence-electron chi connectivity index (χ2n) is 7.73. The number of fused-ring (bicyclic) bond motifs is 1. The van der Waals surface area contributed by atoms with Crippen molar-refractivity contribution in [2.24, 2.45) is 0 Å². The van der Waals surface area contributed by atoms with Gasteiger partial charge in [0.1, 0.15) is 0 Å². The van der Waals surface area contributed by atoms with Crippen molar-refractivity contribution in [3.8, 4) is 11.5 Å². The van der Waals surface area contributed by atoms with Gasteiger partial charge in [-0.05, 0) is 66.5 Å². The van der Waals surface area contributed by atoms with Gasteiger partial charge in [0.15, 0.2) is 16.6 Å². The Morgan fingerprint density at radius 1 is 1.06 bits per heavy atom. The third-order valence-electron chi connectivity index (χ3n) is 5.99. The Balaban J connectivity index is 1.73. The van der Waals surface area contributed by atoms with Crippen molar-refractivity contribution in [1.82, 2.24) is 9.47 Å². The molecule has 0 spiro atoms. The molecule has 162 valence electrons. The minimum Gasteiger partial charge on any atom is -0.493 e. The summed E-state index contributed by atoms with van der Waals surface area (Å²) < 4.78 is 13.3. The van der Waals surface area contributed by atoms with Crippen LogP contribution >= 0.6 is 12.2 Å². The topological polar surface area (TPSA) is 38.7 Å². The van der Waals surface area contributed by atoms with E-state index >= 15 is 0 Å². The third kappa shape index (κ3) is 4.00. The maximum absolute atomic E-state index is 5.96. The second-order valence-corrected chi connectivity index (χ2v) is 8.12. The highest BCUT2D eigenvalue weighted by Gasteiger charge is 2.31. The number of ether oxygens (including phenoxy) is 2. The van der Waals surface area contributed by atoms with Gasteiger partial charge in [0, 0.05) is 30.7 Å². The summed E-state index contributed by atoms with van der Waals surface area (Å²) in [4.78, 5) is 2.28. The van der Waals surface area contributed by atoms with Gasteiger partial charge in [-0.25, -0.2) is 0 Å². The van der Waals surface area contributed by atoms with Crippen LogP contribution in [-0.4, -0.2) is 35.3 Å². The van der Waals surface area contributed by atoms with E-state index in [-0.39, 0.29) is 6.04 Å². The predicted octanol–water partition coefficient (Wildman–Crippen LogP) is 5.18. The summed E-state index contributed by atoms with van der Waals surface area (Å²) in [5.74, 6) is 1.44. The Labute approximate surface area is 189 Å². The molecular weight excluding hydrogens is 406 g/mol. The number of para-hydroxylation sites is 1. The zero-order chi connectivity index (χ0) is 22.0. The number of rotatable bonds is 5. The van der Waals surface area contributed by atoms with E-state index < -0.39 is 0 Å². The number of nitrogens with zero attached hydrogens (tertiary/aromatic N) is 2. The fourth-order valence-electron chi connectivity index (χ4n) is 4.36. The van der Waals surface area contributed by atoms with Crippen molar-refractivity contribution < 1.29 is 9.47 Å². The van der Waals surface area contributed by atoms with Gasteiger partial charge >= 0.3 is 0 Å². The van der Waals surface area contributed by atoms with Gasteiger partial charge in [0.2, 0.25) is 0 Å². The van der Waals surface area contributed by atoms with Crippen LogP contribution in [0.1, 0.15) is 35.3 Å². The number of hydrogen-bond acceptors (Lipinski definition) is 3. The van der Waals surface area contributed by atoms with Crippen molar-refractivity contribution >= 4 is 23.0 Å². The first-order valence-corrected chi connectivity index (χ1v) is 11.0. The van der Waals surface area contributed by atoms with Crippen molar-refractivity contribution in [3.63, 3.8) is 0 Å². The van der Waals surface area contributed by atoms with Gasteiger partial charge in [-0.3, -0.25) is 0 Å². The SMILES string of the molecule is CCc1cccc(C)c1NC(=S)N1CCn2cccc2[C@@H]1c1ccc(OC)c(OC)c1. The molecule has 0 radical (unpaired) electrons. The number of benzene rings is 2. The van der Waals surface area contributed by atoms with E-state index in [1.807, 2.05) is 12.1 Å². The molecule has 0 unspecified atom stereocenters. The number of aromatic nitrogens is 1. The minimum absolute atomic E-state index is 0.0161. The first kappa shape index (κ1) is 21.2. The average Bonchev–Trinajstić information content (AvgIpc) is 3.28. The predicted molar refractivity (Wildman–Crippen MR) is 129 cm³/mol. The highest BCUT2D eigenvalue weighted by atomic mass is 32.1. The molecule has 4 rings (SSSR count). The lowest BCUT2D eigenvalue weighted by molar-refractivity contribution is 0.291. The van der Waals surface area contributed by atoms with Crippen LogP contribution in [0.15, 0.2) is 54.7 Å². The van der Waals surface area contributed by atoms with Gasteiger partial charge in [-0.2, -0.15) is 0 Å². The molecule has 0 fully saturated rings. The van der Waals surface area contributed by atoms with Crippen LogP contribution in [0.4, 0.5) is 5.69 Å². The molecule has 1 aromatic heterocycles. The quantitative estimate of drug-likeness (QED) is 0.559. The Hall–Kier alpha value is -2.99. The van der Waals surface area contributed by atoms with E-state index in [2.05, 4.69) is 71.2 Å². The van der Waals surface area contributed by atoms with Crippen LogP contribution in [0.25, 0.3) is 0 Å². The van der Waals surface area contributed by atoms with Gasteiger partial charge in [0.05, 0.1) is 20.3 Å². The molecule has 1 aliphatic rings. The van der Waals surface area contributed by atoms with Crippen LogP contribution in [0.3, 0.4) is 0 Å². The van der Waals surface area contributed by atoms with Crippen LogP contribution in [0.5, 0.6) is 11.5 Å². The lowest BCUT2D eigenvalue weighted by Gasteiger charge is -2.39. The molecule has 0 amide bonds. The van der Waals surface area contributed by atoms with Crippen molar-refractivity contribution in [3.05, 3.63) is 77.1 Å². The first-order chi connectivity index (χ1) is 15.1. The average molecular weight is 436 g/mol. The van der Waals surface area contributed by atoms with E-state index in [9.17, 15) is 0 Å². The van der Waals surface area contributed by atoms with Crippen molar-refractivity contribution in [2.45, 2.75) is 32.9 Å². The molecule has 1 atom stereocenters. The molecule has 5 nitrogen and oxygen atoms in total. The van der Waals surface area contributed by atoms with Crippen LogP contribution in [0, 0.1) is 6.92 Å². The summed E-state index contributed by atoms with van der Waals surface area (Å²) in [6, 6.07) is 16.7. The fourth-order valence-corrected chi connectivity index (χ4v) is 4.66. The number of thiocarbonyl (C=S) groups is 1. The summed E-state index contributed by atoms with van der Waals surface area (Å²) in [7, 11) is 3.32.